The molecule has 3 unspecified atom stereocenters. The lowest BCUT2D eigenvalue weighted by molar-refractivity contribution is -0.153. The van der Waals surface area contributed by atoms with Crippen molar-refractivity contribution < 1.29 is 23.9 Å². The van der Waals surface area contributed by atoms with Crippen molar-refractivity contribution in [2.45, 2.75) is 40.0 Å². The number of nitrogens with zero attached hydrogens (tertiary/aromatic N) is 1. The average Bonchev–Trinajstić information content (AvgIpc) is 2.67. The van der Waals surface area contributed by atoms with Crippen LogP contribution in [0.2, 0.25) is 0 Å². The van der Waals surface area contributed by atoms with Gasteiger partial charge in [0.2, 0.25) is 0 Å². The molecule has 29 heavy (non-hydrogen) atoms. The lowest BCUT2D eigenvalue weighted by Gasteiger charge is -2.38. The summed E-state index contributed by atoms with van der Waals surface area (Å²) in [6.45, 7) is 7.54. The SMILES string of the molecule is CCOC(=O)C1=C(C)NC2=C(C(=O)C(C(=O)OCC)C(C)C2)C1c1cccnc1. The Morgan fingerprint density at radius 3 is 2.59 bits per heavy atom. The number of allylic oxidation sites excluding steroid dienone is 3. The zero-order valence-corrected chi connectivity index (χ0v) is 17.2. The number of Topliss-reactive ketones (excluding diaryl/α,β-unsaturated/α-hetero) is 1. The van der Waals surface area contributed by atoms with Crippen molar-refractivity contribution in [1.82, 2.24) is 10.3 Å². The van der Waals surface area contributed by atoms with Crippen molar-refractivity contribution in [3.63, 3.8) is 0 Å². The fraction of sp³-hybridized carbons (Fsp3) is 0.455. The van der Waals surface area contributed by atoms with Crippen molar-refractivity contribution >= 4 is 17.7 Å². The molecule has 1 aliphatic heterocycles. The van der Waals surface area contributed by atoms with Crippen LogP contribution in [0.25, 0.3) is 0 Å². The number of ketones is 1. The van der Waals surface area contributed by atoms with E-state index in [4.69, 9.17) is 9.47 Å². The van der Waals surface area contributed by atoms with Crippen molar-refractivity contribution in [2.24, 2.45) is 11.8 Å². The number of pyridine rings is 1. The lowest BCUT2D eigenvalue weighted by atomic mass is 9.69. The van der Waals surface area contributed by atoms with Crippen LogP contribution in [-0.4, -0.2) is 35.9 Å². The second-order valence-electron chi connectivity index (χ2n) is 7.27. The number of hydrogen-bond donors (Lipinski definition) is 1. The van der Waals surface area contributed by atoms with Crippen LogP contribution in [0.5, 0.6) is 0 Å². The molecule has 0 bridgehead atoms. The Hall–Kier alpha value is -2.96. The van der Waals surface area contributed by atoms with E-state index in [0.29, 0.717) is 28.8 Å². The van der Waals surface area contributed by atoms with Gasteiger partial charge in [-0.05, 0) is 44.7 Å². The van der Waals surface area contributed by atoms with Gasteiger partial charge in [0.15, 0.2) is 5.78 Å². The number of hydrogen-bond acceptors (Lipinski definition) is 7. The van der Waals surface area contributed by atoms with Crippen LogP contribution < -0.4 is 5.32 Å². The molecular weight excluding hydrogens is 372 g/mol. The number of aromatic nitrogens is 1. The van der Waals surface area contributed by atoms with E-state index in [1.54, 1.807) is 39.2 Å². The number of rotatable bonds is 5. The topological polar surface area (TPSA) is 94.6 Å². The fourth-order valence-corrected chi connectivity index (χ4v) is 4.15. The monoisotopic (exact) mass is 398 g/mol. The third-order valence-electron chi connectivity index (χ3n) is 5.34. The van der Waals surface area contributed by atoms with Gasteiger partial charge in [-0.1, -0.05) is 13.0 Å². The molecule has 2 aliphatic rings. The highest BCUT2D eigenvalue weighted by Crippen LogP contribution is 2.45. The summed E-state index contributed by atoms with van der Waals surface area (Å²) in [5.41, 5.74) is 2.87. The molecule has 1 N–H and O–H groups in total. The molecule has 154 valence electrons. The number of nitrogens with one attached hydrogen (secondary N) is 1. The molecule has 0 fully saturated rings. The van der Waals surface area contributed by atoms with E-state index >= 15 is 0 Å². The molecule has 0 spiro atoms. The second-order valence-corrected chi connectivity index (χ2v) is 7.27. The molecule has 0 aromatic carbocycles. The van der Waals surface area contributed by atoms with E-state index in [0.717, 1.165) is 5.70 Å². The molecule has 0 amide bonds. The summed E-state index contributed by atoms with van der Waals surface area (Å²) < 4.78 is 10.4. The van der Waals surface area contributed by atoms with Crippen LogP contribution in [0.4, 0.5) is 0 Å². The Kier molecular flexibility index (Phi) is 6.15. The first-order chi connectivity index (χ1) is 13.9. The van der Waals surface area contributed by atoms with Crippen LogP contribution in [0, 0.1) is 11.8 Å². The standard InChI is InChI=1S/C22H26N2O5/c1-5-28-21(26)16-12(3)10-15-19(20(16)25)18(14-8-7-9-23-11-14)17(13(4)24-15)22(27)29-6-2/h7-9,11-12,16,18,24H,5-6,10H2,1-4H3. The molecule has 7 heteroatoms. The molecule has 0 radical (unpaired) electrons. The van der Waals surface area contributed by atoms with Crippen LogP contribution in [-0.2, 0) is 23.9 Å². The van der Waals surface area contributed by atoms with E-state index in [2.05, 4.69) is 10.3 Å². The molecule has 7 nitrogen and oxygen atoms in total. The first kappa shape index (κ1) is 20.8. The molecular formula is C22H26N2O5. The zero-order valence-electron chi connectivity index (χ0n) is 17.2. The second kappa shape index (κ2) is 8.59. The molecule has 1 aromatic rings. The van der Waals surface area contributed by atoms with Crippen LogP contribution in [0.3, 0.4) is 0 Å². The molecule has 3 rings (SSSR count). The molecule has 1 aromatic heterocycles. The highest BCUT2D eigenvalue weighted by Gasteiger charge is 2.47. The third kappa shape index (κ3) is 3.81. The number of esters is 2. The first-order valence-electron chi connectivity index (χ1n) is 9.89. The fourth-order valence-electron chi connectivity index (χ4n) is 4.15. The van der Waals surface area contributed by atoms with E-state index in [1.807, 2.05) is 13.0 Å². The van der Waals surface area contributed by atoms with Gasteiger partial charge in [-0.2, -0.15) is 0 Å². The van der Waals surface area contributed by atoms with Crippen molar-refractivity contribution in [3.8, 4) is 0 Å². The Labute approximate surface area is 170 Å². The Balaban J connectivity index is 2.14. The van der Waals surface area contributed by atoms with Gasteiger partial charge in [-0.3, -0.25) is 14.6 Å². The van der Waals surface area contributed by atoms with Crippen LogP contribution in [0.15, 0.2) is 47.1 Å². The third-order valence-corrected chi connectivity index (χ3v) is 5.34. The van der Waals surface area contributed by atoms with Crippen LogP contribution >= 0.6 is 0 Å². The molecule has 0 saturated carbocycles. The number of carbonyl (C=O) groups is 3. The van der Waals surface area contributed by atoms with E-state index < -0.39 is 23.8 Å². The average molecular weight is 398 g/mol. The molecule has 1 aliphatic carbocycles. The van der Waals surface area contributed by atoms with Gasteiger partial charge in [-0.15, -0.1) is 0 Å². The van der Waals surface area contributed by atoms with E-state index in [-0.39, 0.29) is 24.9 Å². The van der Waals surface area contributed by atoms with Crippen molar-refractivity contribution in [2.75, 3.05) is 13.2 Å². The summed E-state index contributed by atoms with van der Waals surface area (Å²) >= 11 is 0. The van der Waals surface area contributed by atoms with Gasteiger partial charge in [0.25, 0.3) is 0 Å². The highest BCUT2D eigenvalue weighted by molar-refractivity contribution is 6.12. The molecule has 2 heterocycles. The van der Waals surface area contributed by atoms with Gasteiger partial charge >= 0.3 is 11.9 Å². The van der Waals surface area contributed by atoms with Gasteiger partial charge in [0, 0.05) is 35.3 Å². The normalized spacial score (nSPS) is 24.0. The number of ether oxygens (including phenoxy) is 2. The maximum absolute atomic E-state index is 13.5. The summed E-state index contributed by atoms with van der Waals surface area (Å²) in [4.78, 5) is 43.0. The minimum Gasteiger partial charge on any atom is -0.465 e. The minimum absolute atomic E-state index is 0.207. The summed E-state index contributed by atoms with van der Waals surface area (Å²) in [5.74, 6) is -3.07. The van der Waals surface area contributed by atoms with Gasteiger partial charge in [-0.25, -0.2) is 4.79 Å². The minimum atomic E-state index is -0.892. The molecule has 3 atom stereocenters. The Bertz CT molecular complexity index is 888. The quantitative estimate of drug-likeness (QED) is 0.602. The number of carbonyl (C=O) groups excluding carboxylic acids is 3. The predicted octanol–water partition coefficient (Wildman–Crippen LogP) is 2.65. The summed E-state index contributed by atoms with van der Waals surface area (Å²) in [6.07, 6.45) is 3.78. The Morgan fingerprint density at radius 2 is 1.97 bits per heavy atom. The van der Waals surface area contributed by atoms with Crippen molar-refractivity contribution in [3.05, 3.63) is 52.6 Å². The van der Waals surface area contributed by atoms with Crippen molar-refractivity contribution in [1.29, 1.82) is 0 Å². The first-order valence-corrected chi connectivity index (χ1v) is 9.89. The summed E-state index contributed by atoms with van der Waals surface area (Å²) in [5, 5.41) is 3.22. The zero-order chi connectivity index (χ0) is 21.1. The van der Waals surface area contributed by atoms with Gasteiger partial charge < -0.3 is 14.8 Å². The largest absolute Gasteiger partial charge is 0.465 e. The lowest BCUT2D eigenvalue weighted by Crippen LogP contribution is -2.43. The maximum Gasteiger partial charge on any atom is 0.336 e. The highest BCUT2D eigenvalue weighted by atomic mass is 16.5. The summed E-state index contributed by atoms with van der Waals surface area (Å²) in [6, 6.07) is 3.58. The number of dihydropyridines is 1. The summed E-state index contributed by atoms with van der Waals surface area (Å²) in [7, 11) is 0. The Morgan fingerprint density at radius 1 is 1.24 bits per heavy atom. The van der Waals surface area contributed by atoms with E-state index in [9.17, 15) is 14.4 Å². The maximum atomic E-state index is 13.5. The van der Waals surface area contributed by atoms with Gasteiger partial charge in [0.1, 0.15) is 5.92 Å². The smallest absolute Gasteiger partial charge is 0.336 e. The van der Waals surface area contributed by atoms with Gasteiger partial charge in [0.05, 0.1) is 18.8 Å². The molecule has 0 saturated heterocycles. The van der Waals surface area contributed by atoms with E-state index in [1.165, 1.54) is 0 Å². The van der Waals surface area contributed by atoms with Crippen LogP contribution in [0.1, 0.15) is 45.6 Å². The predicted molar refractivity (Wildman–Crippen MR) is 105 cm³/mol.